The number of rotatable bonds is 6. The summed E-state index contributed by atoms with van der Waals surface area (Å²) in [6.07, 6.45) is -6.37. The van der Waals surface area contributed by atoms with Crippen LogP contribution in [0.3, 0.4) is 0 Å². The molecule has 0 aliphatic heterocycles. The average molecular weight is 464 g/mol. The predicted molar refractivity (Wildman–Crippen MR) is 115 cm³/mol. The van der Waals surface area contributed by atoms with Crippen LogP contribution in [0.25, 0.3) is 11.0 Å². The fourth-order valence-electron chi connectivity index (χ4n) is 3.20. The van der Waals surface area contributed by atoms with Crippen molar-refractivity contribution >= 4 is 16.9 Å². The van der Waals surface area contributed by atoms with E-state index in [0.29, 0.717) is 0 Å². The van der Waals surface area contributed by atoms with E-state index in [1.54, 1.807) is 27.7 Å². The minimum absolute atomic E-state index is 0.0370. The largest absolute Gasteiger partial charge is 0.479 e. The van der Waals surface area contributed by atoms with Gasteiger partial charge in [-0.1, -0.05) is 6.07 Å². The van der Waals surface area contributed by atoms with Crippen molar-refractivity contribution in [3.05, 3.63) is 63.5 Å². The Labute approximate surface area is 187 Å². The first-order chi connectivity index (χ1) is 15.3. The minimum Gasteiger partial charge on any atom is -0.479 e. The zero-order chi connectivity index (χ0) is 24.5. The fourth-order valence-corrected chi connectivity index (χ4v) is 3.20. The Morgan fingerprint density at radius 3 is 2.18 bits per heavy atom. The molecule has 0 saturated carbocycles. The van der Waals surface area contributed by atoms with E-state index in [9.17, 15) is 22.8 Å². The van der Waals surface area contributed by atoms with Crippen molar-refractivity contribution in [2.24, 2.45) is 0 Å². The SMILES string of the molecule is Cc1cc(C)cc(Oc2c(C(F)(F)F)oc3cc(OC(C)C(=O)OC(C)C)ccc3c2=O)c1. The summed E-state index contributed by atoms with van der Waals surface area (Å²) >= 11 is 0. The van der Waals surface area contributed by atoms with Crippen molar-refractivity contribution in [3.63, 3.8) is 0 Å². The Balaban J connectivity index is 2.05. The van der Waals surface area contributed by atoms with Gasteiger partial charge in [0.1, 0.15) is 17.1 Å². The van der Waals surface area contributed by atoms with Crippen LogP contribution >= 0.6 is 0 Å². The molecule has 0 fully saturated rings. The first-order valence-corrected chi connectivity index (χ1v) is 10.2. The molecule has 6 nitrogen and oxygen atoms in total. The summed E-state index contributed by atoms with van der Waals surface area (Å²) in [5, 5.41) is -0.132. The number of halogens is 3. The van der Waals surface area contributed by atoms with Crippen molar-refractivity contribution in [1.29, 1.82) is 0 Å². The van der Waals surface area contributed by atoms with Gasteiger partial charge in [-0.05, 0) is 70.0 Å². The topological polar surface area (TPSA) is 75.0 Å². The average Bonchev–Trinajstić information content (AvgIpc) is 2.67. The molecule has 0 aliphatic carbocycles. The summed E-state index contributed by atoms with van der Waals surface area (Å²) in [6, 6.07) is 8.58. The monoisotopic (exact) mass is 464 g/mol. The quantitative estimate of drug-likeness (QED) is 0.421. The molecular weight excluding hydrogens is 441 g/mol. The highest BCUT2D eigenvalue weighted by atomic mass is 19.4. The van der Waals surface area contributed by atoms with Gasteiger partial charge in [0.05, 0.1) is 11.5 Å². The number of benzene rings is 2. The van der Waals surface area contributed by atoms with Crippen molar-refractivity contribution in [2.75, 3.05) is 0 Å². The number of carbonyl (C=O) groups is 1. The highest BCUT2D eigenvalue weighted by molar-refractivity contribution is 5.80. The summed E-state index contributed by atoms with van der Waals surface area (Å²) in [5.74, 6) is -3.04. The molecule has 0 aliphatic rings. The molecule has 1 heterocycles. The number of esters is 1. The van der Waals surface area contributed by atoms with Crippen LogP contribution in [0.4, 0.5) is 13.2 Å². The van der Waals surface area contributed by atoms with Gasteiger partial charge in [0.15, 0.2) is 6.10 Å². The van der Waals surface area contributed by atoms with E-state index in [2.05, 4.69) is 0 Å². The lowest BCUT2D eigenvalue weighted by atomic mass is 10.1. The third-order valence-electron chi connectivity index (χ3n) is 4.49. The van der Waals surface area contributed by atoms with Gasteiger partial charge >= 0.3 is 12.1 Å². The molecule has 3 rings (SSSR count). The Kier molecular flexibility index (Phi) is 6.71. The van der Waals surface area contributed by atoms with Crippen LogP contribution in [0.5, 0.6) is 17.2 Å². The standard InChI is InChI=1S/C24H23F3O6/c1-12(2)30-23(29)15(5)31-16-6-7-18-19(11-16)33-22(24(25,26)27)21(20(18)28)32-17-9-13(3)8-14(4)10-17/h6-12,15H,1-5H3. The van der Waals surface area contributed by atoms with Crippen LogP contribution in [-0.4, -0.2) is 18.2 Å². The highest BCUT2D eigenvalue weighted by Crippen LogP contribution is 2.39. The van der Waals surface area contributed by atoms with Gasteiger partial charge in [-0.15, -0.1) is 0 Å². The maximum atomic E-state index is 13.8. The molecule has 1 atom stereocenters. The fraction of sp³-hybridized carbons (Fsp3) is 0.333. The van der Waals surface area contributed by atoms with Crippen molar-refractivity contribution in [2.45, 2.75) is 53.0 Å². The van der Waals surface area contributed by atoms with Crippen molar-refractivity contribution in [1.82, 2.24) is 0 Å². The van der Waals surface area contributed by atoms with Gasteiger partial charge < -0.3 is 18.6 Å². The molecule has 0 amide bonds. The van der Waals surface area contributed by atoms with Crippen LogP contribution < -0.4 is 14.9 Å². The zero-order valence-corrected chi connectivity index (χ0v) is 18.7. The van der Waals surface area contributed by atoms with E-state index in [0.717, 1.165) is 17.2 Å². The predicted octanol–water partition coefficient (Wildman–Crippen LogP) is 5.94. The molecule has 0 bridgehead atoms. The van der Waals surface area contributed by atoms with Gasteiger partial charge in [0.25, 0.3) is 5.76 Å². The number of aryl methyl sites for hydroxylation is 2. The van der Waals surface area contributed by atoms with Crippen molar-refractivity contribution in [3.8, 4) is 17.2 Å². The third-order valence-corrected chi connectivity index (χ3v) is 4.49. The smallest absolute Gasteiger partial charge is 0.453 e. The first kappa shape index (κ1) is 24.2. The number of hydrogen-bond donors (Lipinski definition) is 0. The van der Waals surface area contributed by atoms with Gasteiger partial charge in [-0.3, -0.25) is 4.79 Å². The molecule has 3 aromatic rings. The lowest BCUT2D eigenvalue weighted by Gasteiger charge is -2.17. The first-order valence-electron chi connectivity index (χ1n) is 10.2. The minimum atomic E-state index is -4.99. The van der Waals surface area contributed by atoms with E-state index >= 15 is 0 Å². The van der Waals surface area contributed by atoms with Gasteiger partial charge in [0.2, 0.25) is 11.2 Å². The Hall–Kier alpha value is -3.49. The molecule has 0 radical (unpaired) electrons. The van der Waals surface area contributed by atoms with E-state index in [1.165, 1.54) is 31.2 Å². The highest BCUT2D eigenvalue weighted by Gasteiger charge is 2.40. The molecule has 1 aromatic heterocycles. The van der Waals surface area contributed by atoms with Crippen molar-refractivity contribution < 1.29 is 36.6 Å². The van der Waals surface area contributed by atoms with Gasteiger partial charge in [0, 0.05) is 6.07 Å². The van der Waals surface area contributed by atoms with E-state index in [4.69, 9.17) is 18.6 Å². The summed E-state index contributed by atoms with van der Waals surface area (Å²) in [4.78, 5) is 24.9. The molecule has 0 spiro atoms. The number of alkyl halides is 3. The molecule has 0 saturated heterocycles. The molecule has 2 aromatic carbocycles. The molecule has 33 heavy (non-hydrogen) atoms. The molecular formula is C24H23F3O6. The van der Waals surface area contributed by atoms with Crippen LogP contribution in [0.2, 0.25) is 0 Å². The lowest BCUT2D eigenvalue weighted by molar-refractivity contribution is -0.155. The number of hydrogen-bond acceptors (Lipinski definition) is 6. The second-order valence-electron chi connectivity index (χ2n) is 7.92. The van der Waals surface area contributed by atoms with E-state index < -0.39 is 35.2 Å². The maximum absolute atomic E-state index is 13.8. The van der Waals surface area contributed by atoms with E-state index in [-0.39, 0.29) is 28.6 Å². The second kappa shape index (κ2) is 9.17. The molecule has 0 N–H and O–H groups in total. The van der Waals surface area contributed by atoms with Gasteiger partial charge in [-0.25, -0.2) is 4.79 Å². The summed E-state index contributed by atoms with van der Waals surface area (Å²) < 4.78 is 62.2. The Bertz CT molecular complexity index is 1220. The van der Waals surface area contributed by atoms with Crippen LogP contribution in [0.15, 0.2) is 45.6 Å². The lowest BCUT2D eigenvalue weighted by Crippen LogP contribution is -2.28. The number of ether oxygens (including phenoxy) is 3. The van der Waals surface area contributed by atoms with E-state index in [1.807, 2.05) is 6.07 Å². The van der Waals surface area contributed by atoms with Crippen LogP contribution in [0, 0.1) is 13.8 Å². The zero-order valence-electron chi connectivity index (χ0n) is 18.7. The number of fused-ring (bicyclic) bond motifs is 1. The number of carbonyl (C=O) groups excluding carboxylic acids is 1. The summed E-state index contributed by atoms with van der Waals surface area (Å²) in [7, 11) is 0. The van der Waals surface area contributed by atoms with Gasteiger partial charge in [-0.2, -0.15) is 13.2 Å². The summed E-state index contributed by atoms with van der Waals surface area (Å²) in [5.41, 5.74) is 0.176. The molecule has 9 heteroatoms. The Morgan fingerprint density at radius 1 is 0.970 bits per heavy atom. The third kappa shape index (κ3) is 5.66. The molecule has 176 valence electrons. The maximum Gasteiger partial charge on any atom is 0.453 e. The van der Waals surface area contributed by atoms with Crippen LogP contribution in [0.1, 0.15) is 37.7 Å². The Morgan fingerprint density at radius 2 is 1.61 bits per heavy atom. The normalized spacial score (nSPS) is 12.6. The molecule has 1 unspecified atom stereocenters. The van der Waals surface area contributed by atoms with Crippen LogP contribution in [-0.2, 0) is 15.7 Å². The summed E-state index contributed by atoms with van der Waals surface area (Å²) in [6.45, 7) is 8.30. The second-order valence-corrected chi connectivity index (χ2v) is 7.92.